The van der Waals surface area contributed by atoms with Gasteiger partial charge in [-0.15, -0.1) is 0 Å². The van der Waals surface area contributed by atoms with E-state index < -0.39 is 0 Å². The molecule has 0 spiro atoms. The molecule has 0 saturated heterocycles. The first-order valence-corrected chi connectivity index (χ1v) is 8.98. The number of anilines is 1. The molecule has 0 bridgehead atoms. The number of para-hydroxylation sites is 1. The van der Waals surface area contributed by atoms with Gasteiger partial charge in [0.2, 0.25) is 5.91 Å². The Balaban J connectivity index is 1.73. The Labute approximate surface area is 159 Å². The van der Waals surface area contributed by atoms with Crippen molar-refractivity contribution in [3.8, 4) is 0 Å². The van der Waals surface area contributed by atoms with E-state index in [1.807, 2.05) is 73.7 Å². The van der Waals surface area contributed by atoms with Crippen LogP contribution in [-0.4, -0.2) is 16.7 Å². The van der Waals surface area contributed by atoms with E-state index in [4.69, 9.17) is 0 Å². The van der Waals surface area contributed by atoms with E-state index >= 15 is 0 Å². The highest BCUT2D eigenvalue weighted by Gasteiger charge is 2.18. The summed E-state index contributed by atoms with van der Waals surface area (Å²) in [7, 11) is 0. The van der Waals surface area contributed by atoms with E-state index in [1.165, 1.54) is 0 Å². The number of hydrogen-bond acceptors (Lipinski definition) is 3. The summed E-state index contributed by atoms with van der Waals surface area (Å²) < 4.78 is 0. The molecule has 1 amide bonds. The van der Waals surface area contributed by atoms with Gasteiger partial charge in [-0.2, -0.15) is 0 Å². The molecule has 0 atom stereocenters. The van der Waals surface area contributed by atoms with Crippen molar-refractivity contribution in [2.45, 2.75) is 26.3 Å². The lowest BCUT2D eigenvalue weighted by Gasteiger charge is -2.23. The standard InChI is InChI=1S/C23H22N2O2/c1-18-8-5-6-12-21(18)22(26)13-14-23(27)25(20-10-3-2-4-11-20)17-19-9-7-15-24-16-19/h2-12,15-16H,13-14,17H2,1H3. The van der Waals surface area contributed by atoms with E-state index in [-0.39, 0.29) is 24.5 Å². The van der Waals surface area contributed by atoms with E-state index in [0.29, 0.717) is 12.1 Å². The molecule has 1 heterocycles. The smallest absolute Gasteiger partial charge is 0.227 e. The second-order valence-corrected chi connectivity index (χ2v) is 6.41. The number of aryl methyl sites for hydroxylation is 1. The molecule has 4 nitrogen and oxygen atoms in total. The van der Waals surface area contributed by atoms with Gasteiger partial charge >= 0.3 is 0 Å². The lowest BCUT2D eigenvalue weighted by molar-refractivity contribution is -0.118. The van der Waals surface area contributed by atoms with Crippen LogP contribution in [0.1, 0.15) is 34.3 Å². The Morgan fingerprint density at radius 2 is 1.63 bits per heavy atom. The second-order valence-electron chi connectivity index (χ2n) is 6.41. The molecular weight excluding hydrogens is 336 g/mol. The Morgan fingerprint density at radius 1 is 0.889 bits per heavy atom. The number of nitrogens with zero attached hydrogens (tertiary/aromatic N) is 2. The third-order valence-electron chi connectivity index (χ3n) is 4.44. The SMILES string of the molecule is Cc1ccccc1C(=O)CCC(=O)N(Cc1cccnc1)c1ccccc1. The maximum atomic E-state index is 12.9. The summed E-state index contributed by atoms with van der Waals surface area (Å²) in [5.74, 6) is -0.0807. The molecule has 27 heavy (non-hydrogen) atoms. The van der Waals surface area contributed by atoms with Crippen molar-refractivity contribution < 1.29 is 9.59 Å². The van der Waals surface area contributed by atoms with Crippen molar-refractivity contribution in [1.29, 1.82) is 0 Å². The van der Waals surface area contributed by atoms with Gasteiger partial charge in [0.15, 0.2) is 5.78 Å². The molecule has 0 radical (unpaired) electrons. The number of hydrogen-bond donors (Lipinski definition) is 0. The minimum Gasteiger partial charge on any atom is -0.308 e. The van der Waals surface area contributed by atoms with Crippen LogP contribution in [0, 0.1) is 6.92 Å². The highest BCUT2D eigenvalue weighted by atomic mass is 16.2. The van der Waals surface area contributed by atoms with Crippen LogP contribution in [0.4, 0.5) is 5.69 Å². The largest absolute Gasteiger partial charge is 0.308 e. The first-order chi connectivity index (χ1) is 13.1. The monoisotopic (exact) mass is 358 g/mol. The lowest BCUT2D eigenvalue weighted by Crippen LogP contribution is -2.30. The number of pyridine rings is 1. The van der Waals surface area contributed by atoms with Crippen molar-refractivity contribution >= 4 is 17.4 Å². The number of amides is 1. The topological polar surface area (TPSA) is 50.3 Å². The van der Waals surface area contributed by atoms with Crippen LogP contribution >= 0.6 is 0 Å². The van der Waals surface area contributed by atoms with Gasteiger partial charge in [-0.25, -0.2) is 0 Å². The van der Waals surface area contributed by atoms with E-state index in [1.54, 1.807) is 17.3 Å². The number of carbonyl (C=O) groups excluding carboxylic acids is 2. The van der Waals surface area contributed by atoms with Crippen molar-refractivity contribution in [3.63, 3.8) is 0 Å². The summed E-state index contributed by atoms with van der Waals surface area (Å²) in [5.41, 5.74) is 3.38. The third kappa shape index (κ3) is 4.88. The third-order valence-corrected chi connectivity index (χ3v) is 4.44. The van der Waals surface area contributed by atoms with Gasteiger partial charge in [0.05, 0.1) is 6.54 Å². The average Bonchev–Trinajstić information content (AvgIpc) is 2.72. The van der Waals surface area contributed by atoms with Crippen LogP contribution in [0.3, 0.4) is 0 Å². The number of carbonyl (C=O) groups is 2. The summed E-state index contributed by atoms with van der Waals surface area (Å²) in [5, 5.41) is 0. The maximum absolute atomic E-state index is 12.9. The quantitative estimate of drug-likeness (QED) is 0.581. The summed E-state index contributed by atoms with van der Waals surface area (Å²) in [6, 6.07) is 20.8. The molecule has 0 unspecified atom stereocenters. The molecule has 0 aliphatic rings. The van der Waals surface area contributed by atoms with Crippen molar-refractivity contribution in [2.24, 2.45) is 0 Å². The summed E-state index contributed by atoms with van der Waals surface area (Å²) >= 11 is 0. The van der Waals surface area contributed by atoms with Gasteiger partial charge < -0.3 is 4.90 Å². The molecule has 0 saturated carbocycles. The molecule has 3 rings (SSSR count). The van der Waals surface area contributed by atoms with Crippen LogP contribution < -0.4 is 4.90 Å². The zero-order valence-electron chi connectivity index (χ0n) is 15.3. The normalized spacial score (nSPS) is 10.4. The predicted molar refractivity (Wildman–Crippen MR) is 107 cm³/mol. The van der Waals surface area contributed by atoms with Crippen molar-refractivity contribution in [3.05, 3.63) is 95.8 Å². The van der Waals surface area contributed by atoms with E-state index in [0.717, 1.165) is 16.8 Å². The number of benzene rings is 2. The Hall–Kier alpha value is -3.27. The van der Waals surface area contributed by atoms with Gasteiger partial charge in [0.1, 0.15) is 0 Å². The summed E-state index contributed by atoms with van der Waals surface area (Å²) in [4.78, 5) is 31.3. The second kappa shape index (κ2) is 8.90. The Kier molecular flexibility index (Phi) is 6.10. The number of ketones is 1. The van der Waals surface area contributed by atoms with Gasteiger partial charge in [-0.3, -0.25) is 14.6 Å². The van der Waals surface area contributed by atoms with Crippen LogP contribution in [0.5, 0.6) is 0 Å². The molecule has 2 aromatic carbocycles. The number of aromatic nitrogens is 1. The van der Waals surface area contributed by atoms with Crippen LogP contribution in [-0.2, 0) is 11.3 Å². The highest BCUT2D eigenvalue weighted by Crippen LogP contribution is 2.19. The molecular formula is C23H22N2O2. The minimum absolute atomic E-state index is 0.00385. The fourth-order valence-electron chi connectivity index (χ4n) is 2.98. The van der Waals surface area contributed by atoms with Crippen LogP contribution in [0.15, 0.2) is 79.1 Å². The van der Waals surface area contributed by atoms with E-state index in [9.17, 15) is 9.59 Å². The van der Waals surface area contributed by atoms with Gasteiger partial charge in [-0.1, -0.05) is 48.5 Å². The van der Waals surface area contributed by atoms with E-state index in [2.05, 4.69) is 4.98 Å². The van der Waals surface area contributed by atoms with Gasteiger partial charge in [0, 0.05) is 36.5 Å². The van der Waals surface area contributed by atoms with Crippen LogP contribution in [0.2, 0.25) is 0 Å². The minimum atomic E-state index is -0.0769. The molecule has 0 fully saturated rings. The van der Waals surface area contributed by atoms with Crippen molar-refractivity contribution in [1.82, 2.24) is 4.98 Å². The number of rotatable bonds is 7. The fourth-order valence-corrected chi connectivity index (χ4v) is 2.98. The molecule has 0 aliphatic heterocycles. The predicted octanol–water partition coefficient (Wildman–Crippen LogP) is 4.59. The fraction of sp³-hybridized carbons (Fsp3) is 0.174. The van der Waals surface area contributed by atoms with Gasteiger partial charge in [0.25, 0.3) is 0 Å². The maximum Gasteiger partial charge on any atom is 0.227 e. The Morgan fingerprint density at radius 3 is 2.33 bits per heavy atom. The molecule has 0 aliphatic carbocycles. The molecule has 1 aromatic heterocycles. The Bertz CT molecular complexity index is 908. The first-order valence-electron chi connectivity index (χ1n) is 8.98. The molecule has 136 valence electrons. The summed E-state index contributed by atoms with van der Waals surface area (Å²) in [6.07, 6.45) is 3.82. The van der Waals surface area contributed by atoms with Gasteiger partial charge in [-0.05, 0) is 36.2 Å². The average molecular weight is 358 g/mol. The van der Waals surface area contributed by atoms with Crippen LogP contribution in [0.25, 0.3) is 0 Å². The first kappa shape index (κ1) is 18.5. The molecule has 4 heteroatoms. The number of Topliss-reactive ketones (excluding diaryl/α,β-unsaturated/α-hetero) is 1. The molecule has 3 aromatic rings. The zero-order chi connectivity index (χ0) is 19.1. The van der Waals surface area contributed by atoms with Crippen molar-refractivity contribution in [2.75, 3.05) is 4.90 Å². The summed E-state index contributed by atoms with van der Waals surface area (Å²) in [6.45, 7) is 2.34. The zero-order valence-corrected chi connectivity index (χ0v) is 15.3. The lowest BCUT2D eigenvalue weighted by atomic mass is 10.0. The highest BCUT2D eigenvalue weighted by molar-refractivity contribution is 6.01. The molecule has 0 N–H and O–H groups in total.